The van der Waals surface area contributed by atoms with Gasteiger partial charge in [-0.2, -0.15) is 0 Å². The Hall–Kier alpha value is -0.660. The molecule has 0 amide bonds. The van der Waals surface area contributed by atoms with Crippen LogP contribution >= 0.6 is 0 Å². The Morgan fingerprint density at radius 2 is 0.926 bits per heavy atom. The van der Waals surface area contributed by atoms with E-state index in [1.807, 2.05) is 0 Å². The van der Waals surface area contributed by atoms with Crippen LogP contribution in [0, 0.1) is 0 Å². The number of unbranched alkanes of at least 4 members (excludes halogenated alkanes) is 13. The predicted molar refractivity (Wildman–Crippen MR) is 122 cm³/mol. The van der Waals surface area contributed by atoms with Gasteiger partial charge >= 0.3 is 0 Å². The molecule has 0 aliphatic carbocycles. The molecule has 0 bridgehead atoms. The van der Waals surface area contributed by atoms with Crippen molar-refractivity contribution in [1.82, 2.24) is 9.80 Å². The molecular formula is C25H50N2. The van der Waals surface area contributed by atoms with Gasteiger partial charge in [0.2, 0.25) is 0 Å². The van der Waals surface area contributed by atoms with Crippen LogP contribution < -0.4 is 0 Å². The summed E-state index contributed by atoms with van der Waals surface area (Å²) >= 11 is 0. The van der Waals surface area contributed by atoms with Gasteiger partial charge < -0.3 is 9.80 Å². The summed E-state index contributed by atoms with van der Waals surface area (Å²) in [6.45, 7) is 9.38. The number of hydrogen-bond donors (Lipinski definition) is 0. The SMILES string of the molecule is CCCCCCCCCCCN1C=CN(CCC)C1CCCCCCCC. The van der Waals surface area contributed by atoms with E-state index in [9.17, 15) is 0 Å². The molecule has 0 saturated heterocycles. The maximum absolute atomic E-state index is 2.64. The van der Waals surface area contributed by atoms with Crippen LogP contribution in [-0.2, 0) is 0 Å². The van der Waals surface area contributed by atoms with E-state index in [2.05, 4.69) is 43.0 Å². The van der Waals surface area contributed by atoms with Crippen molar-refractivity contribution in [2.75, 3.05) is 13.1 Å². The van der Waals surface area contributed by atoms with Crippen molar-refractivity contribution in [3.05, 3.63) is 12.4 Å². The van der Waals surface area contributed by atoms with E-state index in [0.717, 1.165) is 0 Å². The zero-order chi connectivity index (χ0) is 19.6. The normalized spacial score (nSPS) is 16.6. The van der Waals surface area contributed by atoms with Gasteiger partial charge in [0.1, 0.15) is 6.17 Å². The first-order valence-electron chi connectivity index (χ1n) is 12.5. The van der Waals surface area contributed by atoms with Crippen molar-refractivity contribution >= 4 is 0 Å². The first-order chi connectivity index (χ1) is 13.3. The molecule has 0 N–H and O–H groups in total. The summed E-state index contributed by atoms with van der Waals surface area (Å²) in [5, 5.41) is 0. The lowest BCUT2D eigenvalue weighted by Gasteiger charge is -2.33. The Balaban J connectivity index is 2.15. The van der Waals surface area contributed by atoms with Crippen molar-refractivity contribution in [2.45, 2.75) is 136 Å². The Morgan fingerprint density at radius 1 is 0.481 bits per heavy atom. The van der Waals surface area contributed by atoms with Crippen LogP contribution in [0.2, 0.25) is 0 Å². The molecule has 0 aromatic rings. The second-order valence-electron chi connectivity index (χ2n) is 8.64. The molecule has 2 nitrogen and oxygen atoms in total. The molecule has 0 aromatic carbocycles. The minimum absolute atomic E-state index is 0.644. The van der Waals surface area contributed by atoms with Gasteiger partial charge in [-0.25, -0.2) is 0 Å². The van der Waals surface area contributed by atoms with E-state index in [1.54, 1.807) is 0 Å². The fourth-order valence-electron chi connectivity index (χ4n) is 4.31. The van der Waals surface area contributed by atoms with Gasteiger partial charge in [-0.15, -0.1) is 0 Å². The molecule has 0 aromatic heterocycles. The van der Waals surface area contributed by atoms with E-state index in [-0.39, 0.29) is 0 Å². The maximum Gasteiger partial charge on any atom is 0.101 e. The average Bonchev–Trinajstić information content (AvgIpc) is 3.05. The van der Waals surface area contributed by atoms with Gasteiger partial charge in [0.05, 0.1) is 0 Å². The van der Waals surface area contributed by atoms with E-state index in [0.29, 0.717) is 6.17 Å². The van der Waals surface area contributed by atoms with Gasteiger partial charge in [-0.05, 0) is 25.7 Å². The highest BCUT2D eigenvalue weighted by molar-refractivity contribution is 4.96. The standard InChI is InChI=1S/C25H50N2/c1-4-7-9-11-13-14-15-17-19-22-27-24-23-26(21-6-3)25(27)20-18-16-12-10-8-5-2/h23-25H,4-22H2,1-3H3. The highest BCUT2D eigenvalue weighted by Gasteiger charge is 2.24. The Kier molecular flexibility index (Phi) is 15.7. The summed E-state index contributed by atoms with van der Waals surface area (Å²) in [6, 6.07) is 0. The zero-order valence-corrected chi connectivity index (χ0v) is 19.1. The van der Waals surface area contributed by atoms with Crippen LogP contribution in [0.15, 0.2) is 12.4 Å². The second-order valence-corrected chi connectivity index (χ2v) is 8.64. The average molecular weight is 379 g/mol. The summed E-state index contributed by atoms with van der Waals surface area (Å²) in [5.41, 5.74) is 0. The molecule has 1 rings (SSSR count). The third-order valence-corrected chi connectivity index (χ3v) is 6.03. The summed E-state index contributed by atoms with van der Waals surface area (Å²) in [7, 11) is 0. The third-order valence-electron chi connectivity index (χ3n) is 6.03. The van der Waals surface area contributed by atoms with Gasteiger partial charge in [-0.1, -0.05) is 104 Å². The molecule has 1 aliphatic heterocycles. The predicted octanol–water partition coefficient (Wildman–Crippen LogP) is 8.09. The molecule has 1 atom stereocenters. The molecule has 2 heteroatoms. The smallest absolute Gasteiger partial charge is 0.101 e. The van der Waals surface area contributed by atoms with E-state index in [4.69, 9.17) is 0 Å². The van der Waals surface area contributed by atoms with Crippen LogP contribution in [-0.4, -0.2) is 29.1 Å². The van der Waals surface area contributed by atoms with Crippen molar-refractivity contribution in [1.29, 1.82) is 0 Å². The van der Waals surface area contributed by atoms with Crippen molar-refractivity contribution in [3.8, 4) is 0 Å². The summed E-state index contributed by atoms with van der Waals surface area (Å²) in [4.78, 5) is 5.24. The Morgan fingerprint density at radius 3 is 1.44 bits per heavy atom. The van der Waals surface area contributed by atoms with E-state index < -0.39 is 0 Å². The zero-order valence-electron chi connectivity index (χ0n) is 19.1. The summed E-state index contributed by atoms with van der Waals surface area (Å²) < 4.78 is 0. The van der Waals surface area contributed by atoms with Crippen LogP contribution in [0.5, 0.6) is 0 Å². The Bertz CT molecular complexity index is 339. The fourth-order valence-corrected chi connectivity index (χ4v) is 4.31. The Labute approximate surface area is 171 Å². The minimum atomic E-state index is 0.644. The van der Waals surface area contributed by atoms with Crippen LogP contribution in [0.4, 0.5) is 0 Å². The molecule has 1 unspecified atom stereocenters. The quantitative estimate of drug-likeness (QED) is 0.209. The highest BCUT2D eigenvalue weighted by atomic mass is 15.4. The molecular weight excluding hydrogens is 328 g/mol. The fraction of sp³-hybridized carbons (Fsp3) is 0.920. The number of hydrogen-bond acceptors (Lipinski definition) is 2. The molecule has 0 spiro atoms. The van der Waals surface area contributed by atoms with Crippen molar-refractivity contribution < 1.29 is 0 Å². The molecule has 1 aliphatic rings. The molecule has 0 saturated carbocycles. The maximum atomic E-state index is 2.64. The van der Waals surface area contributed by atoms with Crippen LogP contribution in [0.25, 0.3) is 0 Å². The van der Waals surface area contributed by atoms with Crippen molar-refractivity contribution in [3.63, 3.8) is 0 Å². The topological polar surface area (TPSA) is 6.48 Å². The third kappa shape index (κ3) is 11.7. The first kappa shape index (κ1) is 24.4. The second kappa shape index (κ2) is 17.4. The highest BCUT2D eigenvalue weighted by Crippen LogP contribution is 2.23. The molecule has 1 heterocycles. The van der Waals surface area contributed by atoms with E-state index >= 15 is 0 Å². The molecule has 0 fully saturated rings. The minimum Gasteiger partial charge on any atom is -0.356 e. The summed E-state index contributed by atoms with van der Waals surface area (Å²) in [5.74, 6) is 0. The first-order valence-corrected chi connectivity index (χ1v) is 12.5. The van der Waals surface area contributed by atoms with Gasteiger partial charge in [-0.3, -0.25) is 0 Å². The lowest BCUT2D eigenvalue weighted by Crippen LogP contribution is -2.39. The van der Waals surface area contributed by atoms with Crippen LogP contribution in [0.1, 0.15) is 130 Å². The summed E-state index contributed by atoms with van der Waals surface area (Å²) in [6.07, 6.45) is 29.2. The van der Waals surface area contributed by atoms with Crippen molar-refractivity contribution in [2.24, 2.45) is 0 Å². The largest absolute Gasteiger partial charge is 0.356 e. The van der Waals surface area contributed by atoms with Gasteiger partial charge in [0, 0.05) is 25.5 Å². The number of rotatable bonds is 19. The number of nitrogens with zero attached hydrogens (tertiary/aromatic N) is 2. The van der Waals surface area contributed by atoms with Gasteiger partial charge in [0.25, 0.3) is 0 Å². The van der Waals surface area contributed by atoms with E-state index in [1.165, 1.54) is 122 Å². The van der Waals surface area contributed by atoms with Crippen LogP contribution in [0.3, 0.4) is 0 Å². The lowest BCUT2D eigenvalue weighted by atomic mass is 10.1. The lowest BCUT2D eigenvalue weighted by molar-refractivity contribution is 0.137. The molecule has 160 valence electrons. The van der Waals surface area contributed by atoms with Gasteiger partial charge in [0.15, 0.2) is 0 Å². The molecule has 27 heavy (non-hydrogen) atoms. The monoisotopic (exact) mass is 378 g/mol. The molecule has 0 radical (unpaired) electrons.